The molecule has 6 aromatic carbocycles. The van der Waals surface area contributed by atoms with Crippen LogP contribution in [0.2, 0.25) is 0 Å². The Kier molecular flexibility index (Phi) is 10.6. The topological polar surface area (TPSA) is 68.1 Å². The summed E-state index contributed by atoms with van der Waals surface area (Å²) in [4.78, 5) is 35.8. The van der Waals surface area contributed by atoms with Crippen LogP contribution in [0, 0.1) is 0 Å². The summed E-state index contributed by atoms with van der Waals surface area (Å²) in [5, 5.41) is 0. The van der Waals surface area contributed by atoms with Crippen molar-refractivity contribution < 1.29 is 4.79 Å². The number of hydrogen-bond donors (Lipinski definition) is 0. The lowest BCUT2D eigenvalue weighted by molar-refractivity contribution is 0.103. The second-order valence-electron chi connectivity index (χ2n) is 15.3. The van der Waals surface area contributed by atoms with E-state index in [0.717, 1.165) is 103 Å². The minimum atomic E-state index is -0.121. The first kappa shape index (κ1) is 38.1. The number of pyridine rings is 3. The number of carbonyl (C=O) groups excluding carboxylic acids is 1. The summed E-state index contributed by atoms with van der Waals surface area (Å²) in [7, 11) is 0. The van der Waals surface area contributed by atoms with Gasteiger partial charge in [0, 0.05) is 50.2 Å². The van der Waals surface area contributed by atoms with Crippen molar-refractivity contribution in [3.8, 4) is 67.5 Å². The van der Waals surface area contributed by atoms with Crippen LogP contribution < -0.4 is 0 Å². The van der Waals surface area contributed by atoms with Gasteiger partial charge in [-0.2, -0.15) is 0 Å². The highest BCUT2D eigenvalue weighted by Gasteiger charge is 2.20. The molecular weight excluding hydrogens is 757 g/mol. The first-order chi connectivity index (χ1) is 30.6. The van der Waals surface area contributed by atoms with Crippen molar-refractivity contribution in [2.45, 2.75) is 12.8 Å². The molecule has 0 aliphatic carbocycles. The van der Waals surface area contributed by atoms with E-state index in [1.807, 2.05) is 152 Å². The number of aliphatic imine (C=N–C) groups is 1. The quantitative estimate of drug-likeness (QED) is 0.129. The van der Waals surface area contributed by atoms with Gasteiger partial charge in [0.2, 0.25) is 0 Å². The Morgan fingerprint density at radius 1 is 0.339 bits per heavy atom. The van der Waals surface area contributed by atoms with Gasteiger partial charge >= 0.3 is 0 Å². The fourth-order valence-corrected chi connectivity index (χ4v) is 7.98. The highest BCUT2D eigenvalue weighted by atomic mass is 16.1. The third-order valence-electron chi connectivity index (χ3n) is 11.1. The molecule has 0 fully saturated rings. The van der Waals surface area contributed by atoms with Crippen LogP contribution in [0.25, 0.3) is 73.2 Å². The van der Waals surface area contributed by atoms with E-state index < -0.39 is 0 Å². The van der Waals surface area contributed by atoms with Crippen LogP contribution in [0.5, 0.6) is 0 Å². The number of aromatic nitrogens is 3. The molecule has 9 aromatic rings. The zero-order chi connectivity index (χ0) is 41.7. The van der Waals surface area contributed by atoms with Crippen LogP contribution in [-0.2, 0) is 0 Å². The second-order valence-corrected chi connectivity index (χ2v) is 15.3. The Hall–Kier alpha value is -8.15. The normalized spacial score (nSPS) is 12.3. The molecular formula is C57H40N4O. The fraction of sp³-hybridized carbons (Fsp3) is 0.0351. The summed E-state index contributed by atoms with van der Waals surface area (Å²) < 4.78 is 0. The highest BCUT2D eigenvalue weighted by molar-refractivity contribution is 6.13. The Morgan fingerprint density at radius 3 is 1.08 bits per heavy atom. The van der Waals surface area contributed by atoms with E-state index in [0.29, 0.717) is 11.1 Å². The Morgan fingerprint density at radius 2 is 0.677 bits per heavy atom. The van der Waals surface area contributed by atoms with E-state index in [2.05, 4.69) is 66.7 Å². The van der Waals surface area contributed by atoms with Gasteiger partial charge in [-0.3, -0.25) is 9.79 Å². The predicted molar refractivity (Wildman–Crippen MR) is 253 cm³/mol. The van der Waals surface area contributed by atoms with Crippen LogP contribution in [0.3, 0.4) is 0 Å². The lowest BCUT2D eigenvalue weighted by Gasteiger charge is -2.16. The summed E-state index contributed by atoms with van der Waals surface area (Å²) in [6.07, 6.45) is 3.78. The maximum atomic E-state index is 15.3. The van der Waals surface area contributed by atoms with Crippen LogP contribution in [0.1, 0.15) is 39.9 Å². The predicted octanol–water partition coefficient (Wildman–Crippen LogP) is 13.7. The Balaban J connectivity index is 1.12. The molecule has 0 saturated heterocycles. The van der Waals surface area contributed by atoms with Crippen LogP contribution in [-0.4, -0.2) is 26.4 Å². The molecule has 5 heteroatoms. The molecule has 1 aliphatic rings. The van der Waals surface area contributed by atoms with Crippen molar-refractivity contribution in [2.24, 2.45) is 4.99 Å². The lowest BCUT2D eigenvalue weighted by Crippen LogP contribution is -2.09. The van der Waals surface area contributed by atoms with Gasteiger partial charge in [-0.25, -0.2) is 15.0 Å². The van der Waals surface area contributed by atoms with Crippen molar-refractivity contribution in [1.82, 2.24) is 15.0 Å². The molecule has 0 amide bonds. The molecule has 0 bridgehead atoms. The summed E-state index contributed by atoms with van der Waals surface area (Å²) in [5.74, 6) is -0.121. The molecule has 294 valence electrons. The molecule has 62 heavy (non-hydrogen) atoms. The smallest absolute Gasteiger partial charge is 0.193 e. The Bertz CT molecular complexity index is 3020. The number of allylic oxidation sites excluding steroid dienone is 1. The van der Waals surface area contributed by atoms with E-state index in [-0.39, 0.29) is 5.78 Å². The maximum absolute atomic E-state index is 15.3. The molecule has 0 spiro atoms. The van der Waals surface area contributed by atoms with Crippen molar-refractivity contribution in [3.63, 3.8) is 0 Å². The molecule has 5 nitrogen and oxygen atoms in total. The molecule has 10 rings (SSSR count). The van der Waals surface area contributed by atoms with Gasteiger partial charge in [0.15, 0.2) is 5.78 Å². The van der Waals surface area contributed by atoms with Gasteiger partial charge in [0.05, 0.1) is 39.9 Å². The van der Waals surface area contributed by atoms with Gasteiger partial charge < -0.3 is 0 Å². The third-order valence-corrected chi connectivity index (χ3v) is 11.1. The van der Waals surface area contributed by atoms with Crippen LogP contribution in [0.4, 0.5) is 0 Å². The van der Waals surface area contributed by atoms with Gasteiger partial charge in [-0.1, -0.05) is 146 Å². The third kappa shape index (κ3) is 8.20. The van der Waals surface area contributed by atoms with Crippen LogP contribution >= 0.6 is 0 Å². The fourth-order valence-electron chi connectivity index (χ4n) is 7.98. The molecule has 3 aromatic heterocycles. The van der Waals surface area contributed by atoms with Crippen LogP contribution in [0.15, 0.2) is 223 Å². The van der Waals surface area contributed by atoms with Gasteiger partial charge in [-0.15, -0.1) is 0 Å². The van der Waals surface area contributed by atoms with Crippen molar-refractivity contribution in [3.05, 3.63) is 241 Å². The number of carbonyl (C=O) groups is 1. The van der Waals surface area contributed by atoms with E-state index in [9.17, 15) is 0 Å². The van der Waals surface area contributed by atoms with Crippen molar-refractivity contribution >= 4 is 17.2 Å². The lowest BCUT2D eigenvalue weighted by atomic mass is 9.91. The van der Waals surface area contributed by atoms with E-state index in [4.69, 9.17) is 19.9 Å². The van der Waals surface area contributed by atoms with E-state index >= 15 is 4.79 Å². The largest absolute Gasteiger partial charge is 0.289 e. The second kappa shape index (κ2) is 17.2. The first-order valence-electron chi connectivity index (χ1n) is 20.9. The van der Waals surface area contributed by atoms with Crippen molar-refractivity contribution in [1.29, 1.82) is 0 Å². The number of hydrogen-bond acceptors (Lipinski definition) is 5. The number of benzene rings is 6. The average Bonchev–Trinajstić information content (AvgIpc) is 3.37. The molecule has 1 aliphatic heterocycles. The molecule has 0 unspecified atom stereocenters. The number of ketones is 1. The van der Waals surface area contributed by atoms with Gasteiger partial charge in [0.1, 0.15) is 0 Å². The minimum Gasteiger partial charge on any atom is -0.289 e. The van der Waals surface area contributed by atoms with Crippen molar-refractivity contribution in [2.75, 3.05) is 0 Å². The number of nitrogens with zero attached hydrogens (tertiary/aromatic N) is 4. The zero-order valence-electron chi connectivity index (χ0n) is 33.9. The summed E-state index contributed by atoms with van der Waals surface area (Å²) in [6, 6.07) is 70.9. The summed E-state index contributed by atoms with van der Waals surface area (Å²) in [6.45, 7) is 0. The number of rotatable bonds is 10. The molecule has 0 radical (unpaired) electrons. The molecule has 0 saturated carbocycles. The minimum absolute atomic E-state index is 0.121. The SMILES string of the molecule is O=C(c1cc(C2=NC(c3ccccc3)=CCC2)cc(-c2cccc(-c3ccccc3)n2)c1)c1cc(-c2cccc(-c3ccccc3)n2)cc(-c2cccc(-c3ccccc3)n2)c1. The standard InChI is InChI=1S/C57H40N4O/c62-57(47-35-43(53-29-13-25-49(58-53)39-17-5-1-6-18-39)33-44(36-47)54-30-14-26-50(59-54)40-19-7-2-8-20-40)48-37-45(55-31-15-27-51(60-55)41-21-9-3-10-22-41)34-46(38-48)56-32-16-28-52(61-56)42-23-11-4-12-24-42/h1-15,17-31,33-38H,16,32H2. The van der Waals surface area contributed by atoms with E-state index in [1.165, 1.54) is 0 Å². The zero-order valence-corrected chi connectivity index (χ0v) is 33.9. The summed E-state index contributed by atoms with van der Waals surface area (Å²) in [5.41, 5.74) is 15.3. The molecule has 4 heterocycles. The molecule has 0 N–H and O–H groups in total. The maximum Gasteiger partial charge on any atom is 0.193 e. The molecule has 0 atom stereocenters. The average molecular weight is 797 g/mol. The summed E-state index contributed by atoms with van der Waals surface area (Å²) >= 11 is 0. The van der Waals surface area contributed by atoms with Gasteiger partial charge in [-0.05, 0) is 96.8 Å². The van der Waals surface area contributed by atoms with E-state index in [1.54, 1.807) is 0 Å². The Labute approximate surface area is 361 Å². The monoisotopic (exact) mass is 796 g/mol. The first-order valence-corrected chi connectivity index (χ1v) is 20.9. The van der Waals surface area contributed by atoms with Gasteiger partial charge in [0.25, 0.3) is 0 Å². The highest BCUT2D eigenvalue weighted by Crippen LogP contribution is 2.33.